The number of esters is 1. The van der Waals surface area contributed by atoms with Gasteiger partial charge < -0.3 is 14.9 Å². The van der Waals surface area contributed by atoms with E-state index in [1.54, 1.807) is 19.1 Å². The first-order chi connectivity index (χ1) is 7.24. The highest BCUT2D eigenvalue weighted by Crippen LogP contribution is 2.28. The molecule has 0 spiro atoms. The van der Waals surface area contributed by atoms with E-state index in [4.69, 9.17) is 14.9 Å². The van der Waals surface area contributed by atoms with E-state index >= 15 is 0 Å². The molecule has 15 heavy (non-hydrogen) atoms. The van der Waals surface area contributed by atoms with E-state index in [9.17, 15) is 4.79 Å². The lowest BCUT2D eigenvalue weighted by atomic mass is 10.1. The van der Waals surface area contributed by atoms with Crippen LogP contribution in [-0.4, -0.2) is 12.6 Å². The Morgan fingerprint density at radius 3 is 2.93 bits per heavy atom. The van der Waals surface area contributed by atoms with Crippen molar-refractivity contribution in [2.24, 2.45) is 0 Å². The molecule has 1 aromatic heterocycles. The highest BCUT2D eigenvalue weighted by molar-refractivity contribution is 6.07. The van der Waals surface area contributed by atoms with E-state index in [0.29, 0.717) is 23.1 Å². The fourth-order valence-electron chi connectivity index (χ4n) is 1.48. The molecule has 1 heterocycles. The van der Waals surface area contributed by atoms with Gasteiger partial charge in [0.15, 0.2) is 0 Å². The van der Waals surface area contributed by atoms with Crippen LogP contribution in [0.1, 0.15) is 17.3 Å². The molecule has 2 rings (SSSR count). The molecule has 0 bridgehead atoms. The summed E-state index contributed by atoms with van der Waals surface area (Å²) in [6.07, 6.45) is 0. The lowest BCUT2D eigenvalue weighted by Crippen LogP contribution is -2.06. The number of anilines is 1. The number of para-hydroxylation sites is 1. The number of nitrogen functional groups attached to an aromatic ring is 1. The van der Waals surface area contributed by atoms with Gasteiger partial charge in [-0.2, -0.15) is 0 Å². The Kier molecular flexibility index (Phi) is 2.33. The molecular formula is C11H11NO3. The van der Waals surface area contributed by atoms with Crippen molar-refractivity contribution in [2.45, 2.75) is 6.92 Å². The largest absolute Gasteiger partial charge is 0.462 e. The third-order valence-electron chi connectivity index (χ3n) is 2.10. The van der Waals surface area contributed by atoms with Gasteiger partial charge in [-0.25, -0.2) is 4.79 Å². The minimum atomic E-state index is -0.444. The van der Waals surface area contributed by atoms with E-state index in [1.807, 2.05) is 12.1 Å². The van der Waals surface area contributed by atoms with Gasteiger partial charge in [0.2, 0.25) is 5.88 Å². The molecule has 0 atom stereocenters. The second kappa shape index (κ2) is 3.65. The van der Waals surface area contributed by atoms with Gasteiger partial charge in [-0.15, -0.1) is 0 Å². The van der Waals surface area contributed by atoms with E-state index in [0.717, 1.165) is 0 Å². The number of carbonyl (C=O) groups excluding carboxylic acids is 1. The number of benzene rings is 1. The average molecular weight is 205 g/mol. The summed E-state index contributed by atoms with van der Waals surface area (Å²) in [5.41, 5.74) is 6.52. The van der Waals surface area contributed by atoms with Crippen LogP contribution in [0.5, 0.6) is 0 Å². The van der Waals surface area contributed by atoms with Gasteiger partial charge >= 0.3 is 5.97 Å². The fourth-order valence-corrected chi connectivity index (χ4v) is 1.48. The van der Waals surface area contributed by atoms with Crippen LogP contribution in [0, 0.1) is 0 Å². The molecule has 4 heteroatoms. The molecule has 2 N–H and O–H groups in total. The van der Waals surface area contributed by atoms with E-state index in [1.165, 1.54) is 0 Å². The standard InChI is InChI=1S/C11H11NO3/c1-2-14-11(13)9-7-5-3-4-6-8(7)15-10(9)12/h3-6H,2,12H2,1H3. The lowest BCUT2D eigenvalue weighted by Gasteiger charge is -1.99. The molecule has 1 aromatic carbocycles. The summed E-state index contributed by atoms with van der Waals surface area (Å²) in [5, 5.41) is 0.688. The number of nitrogens with two attached hydrogens (primary N) is 1. The van der Waals surface area contributed by atoms with Crippen LogP contribution in [0.4, 0.5) is 5.88 Å². The van der Waals surface area contributed by atoms with Crippen molar-refractivity contribution in [2.75, 3.05) is 12.3 Å². The van der Waals surface area contributed by atoms with Crippen molar-refractivity contribution < 1.29 is 13.9 Å². The van der Waals surface area contributed by atoms with Crippen LogP contribution >= 0.6 is 0 Å². The van der Waals surface area contributed by atoms with Crippen LogP contribution < -0.4 is 5.73 Å². The van der Waals surface area contributed by atoms with Gasteiger partial charge in [-0.3, -0.25) is 0 Å². The van der Waals surface area contributed by atoms with Crippen LogP contribution in [0.25, 0.3) is 11.0 Å². The zero-order valence-corrected chi connectivity index (χ0v) is 8.32. The highest BCUT2D eigenvalue weighted by atomic mass is 16.5. The van der Waals surface area contributed by atoms with Crippen molar-refractivity contribution in [1.29, 1.82) is 0 Å². The lowest BCUT2D eigenvalue weighted by molar-refractivity contribution is 0.0529. The quantitative estimate of drug-likeness (QED) is 0.763. The van der Waals surface area contributed by atoms with Gasteiger partial charge in [0.1, 0.15) is 11.1 Å². The summed E-state index contributed by atoms with van der Waals surface area (Å²) in [5.74, 6) is -0.338. The molecule has 0 unspecified atom stereocenters. The maximum absolute atomic E-state index is 11.6. The van der Waals surface area contributed by atoms with Crippen LogP contribution in [0.2, 0.25) is 0 Å². The van der Waals surface area contributed by atoms with Crippen molar-refractivity contribution in [1.82, 2.24) is 0 Å². The predicted molar refractivity (Wildman–Crippen MR) is 56.6 cm³/mol. The summed E-state index contributed by atoms with van der Waals surface area (Å²) < 4.78 is 10.1. The van der Waals surface area contributed by atoms with Crippen LogP contribution in [0.15, 0.2) is 28.7 Å². The van der Waals surface area contributed by atoms with Gasteiger partial charge in [-0.05, 0) is 13.0 Å². The molecule has 0 radical (unpaired) electrons. The third kappa shape index (κ3) is 1.54. The highest BCUT2D eigenvalue weighted by Gasteiger charge is 2.19. The Morgan fingerprint density at radius 2 is 2.20 bits per heavy atom. The zero-order valence-electron chi connectivity index (χ0n) is 8.32. The van der Waals surface area contributed by atoms with Gasteiger partial charge in [0.25, 0.3) is 0 Å². The first-order valence-corrected chi connectivity index (χ1v) is 4.68. The third-order valence-corrected chi connectivity index (χ3v) is 2.10. The van der Waals surface area contributed by atoms with E-state index in [2.05, 4.69) is 0 Å². The number of ether oxygens (including phenoxy) is 1. The van der Waals surface area contributed by atoms with Gasteiger partial charge in [-0.1, -0.05) is 18.2 Å². The maximum Gasteiger partial charge on any atom is 0.344 e. The summed E-state index contributed by atoms with van der Waals surface area (Å²) in [6.45, 7) is 2.06. The molecule has 0 aliphatic heterocycles. The van der Waals surface area contributed by atoms with Crippen molar-refractivity contribution in [3.63, 3.8) is 0 Å². The summed E-state index contributed by atoms with van der Waals surface area (Å²) in [6, 6.07) is 7.18. The van der Waals surface area contributed by atoms with Crippen molar-refractivity contribution >= 4 is 22.8 Å². The van der Waals surface area contributed by atoms with E-state index < -0.39 is 5.97 Å². The SMILES string of the molecule is CCOC(=O)c1c(N)oc2ccccc12. The number of fused-ring (bicyclic) bond motifs is 1. The summed E-state index contributed by atoms with van der Waals surface area (Å²) in [4.78, 5) is 11.6. The maximum atomic E-state index is 11.6. The molecule has 4 nitrogen and oxygen atoms in total. The fraction of sp³-hybridized carbons (Fsp3) is 0.182. The van der Waals surface area contributed by atoms with Crippen LogP contribution in [-0.2, 0) is 4.74 Å². The molecule has 78 valence electrons. The first-order valence-electron chi connectivity index (χ1n) is 4.68. The summed E-state index contributed by atoms with van der Waals surface area (Å²) >= 11 is 0. The van der Waals surface area contributed by atoms with Crippen molar-refractivity contribution in [3.8, 4) is 0 Å². The predicted octanol–water partition coefficient (Wildman–Crippen LogP) is 2.19. The number of furan rings is 1. The normalized spacial score (nSPS) is 10.5. The van der Waals surface area contributed by atoms with Gasteiger partial charge in [0, 0.05) is 5.39 Å². The zero-order chi connectivity index (χ0) is 10.8. The number of hydrogen-bond acceptors (Lipinski definition) is 4. The van der Waals surface area contributed by atoms with Gasteiger partial charge in [0.05, 0.1) is 6.61 Å². The van der Waals surface area contributed by atoms with Crippen molar-refractivity contribution in [3.05, 3.63) is 29.8 Å². The number of carbonyl (C=O) groups is 1. The molecular weight excluding hydrogens is 194 g/mol. The average Bonchev–Trinajstić information content (AvgIpc) is 2.54. The Balaban J connectivity index is 2.58. The second-order valence-corrected chi connectivity index (χ2v) is 3.06. The molecule has 0 fully saturated rings. The molecule has 0 aliphatic carbocycles. The topological polar surface area (TPSA) is 65.5 Å². The Bertz CT molecular complexity index is 502. The minimum Gasteiger partial charge on any atom is -0.462 e. The molecule has 0 saturated carbocycles. The number of hydrogen-bond donors (Lipinski definition) is 1. The molecule has 0 amide bonds. The summed E-state index contributed by atoms with van der Waals surface area (Å²) in [7, 11) is 0. The Morgan fingerprint density at radius 1 is 1.47 bits per heavy atom. The minimum absolute atomic E-state index is 0.106. The number of rotatable bonds is 2. The second-order valence-electron chi connectivity index (χ2n) is 3.06. The van der Waals surface area contributed by atoms with Crippen LogP contribution in [0.3, 0.4) is 0 Å². The monoisotopic (exact) mass is 205 g/mol. The van der Waals surface area contributed by atoms with E-state index in [-0.39, 0.29) is 5.88 Å². The molecule has 0 aliphatic rings. The molecule has 0 saturated heterocycles. The molecule has 2 aromatic rings. The Hall–Kier alpha value is -1.97. The first kappa shape index (κ1) is 9.58. The Labute approximate surface area is 86.6 Å². The smallest absolute Gasteiger partial charge is 0.344 e.